The summed E-state index contributed by atoms with van der Waals surface area (Å²) in [6.07, 6.45) is 0. The van der Waals surface area contributed by atoms with Crippen LogP contribution >= 0.6 is 11.3 Å². The molecule has 2 aromatic rings. The maximum Gasteiger partial charge on any atom is 0.159 e. The zero-order chi connectivity index (χ0) is 11.0. The maximum atomic E-state index is 11.2. The summed E-state index contributed by atoms with van der Waals surface area (Å²) in [6, 6.07) is 5.70. The summed E-state index contributed by atoms with van der Waals surface area (Å²) in [4.78, 5) is 15.7. The van der Waals surface area contributed by atoms with Gasteiger partial charge < -0.3 is 0 Å². The number of hydrogen-bond acceptors (Lipinski definition) is 3. The van der Waals surface area contributed by atoms with Gasteiger partial charge in [-0.15, -0.1) is 11.3 Å². The van der Waals surface area contributed by atoms with Crippen molar-refractivity contribution < 1.29 is 4.79 Å². The van der Waals surface area contributed by atoms with E-state index in [1.807, 2.05) is 18.2 Å². The molecule has 0 amide bonds. The summed E-state index contributed by atoms with van der Waals surface area (Å²) in [6.45, 7) is 5.85. The van der Waals surface area contributed by atoms with Crippen molar-refractivity contribution in [1.82, 2.24) is 4.98 Å². The Hall–Kier alpha value is -1.22. The minimum Gasteiger partial charge on any atom is -0.295 e. The highest BCUT2D eigenvalue weighted by Gasteiger charge is 2.08. The van der Waals surface area contributed by atoms with Gasteiger partial charge in [0.05, 0.1) is 15.2 Å². The van der Waals surface area contributed by atoms with Crippen LogP contribution < -0.4 is 0 Å². The van der Waals surface area contributed by atoms with Gasteiger partial charge in [0, 0.05) is 11.5 Å². The Morgan fingerprint density at radius 2 is 2.13 bits per heavy atom. The molecule has 0 aliphatic carbocycles. The Bertz CT molecular complexity index is 513. The Kier molecular flexibility index (Phi) is 2.57. The molecule has 0 fully saturated rings. The molecule has 2 rings (SSSR count). The summed E-state index contributed by atoms with van der Waals surface area (Å²) < 4.78 is 1.10. The van der Waals surface area contributed by atoms with Crippen molar-refractivity contribution in [2.24, 2.45) is 0 Å². The molecule has 3 heteroatoms. The normalized spacial score (nSPS) is 11.2. The van der Waals surface area contributed by atoms with Crippen molar-refractivity contribution in [1.29, 1.82) is 0 Å². The van der Waals surface area contributed by atoms with Crippen LogP contribution in [0.1, 0.15) is 42.1 Å². The number of carbonyl (C=O) groups excluding carboxylic acids is 1. The average molecular weight is 219 g/mol. The SMILES string of the molecule is CC(=O)c1ccc2nc(C(C)C)sc2c1. The number of carbonyl (C=O) groups is 1. The number of benzene rings is 1. The molecule has 1 aromatic carbocycles. The molecule has 0 atom stereocenters. The number of hydrogen-bond donors (Lipinski definition) is 0. The molecule has 1 heterocycles. The molecule has 0 unspecified atom stereocenters. The highest BCUT2D eigenvalue weighted by atomic mass is 32.1. The van der Waals surface area contributed by atoms with E-state index in [-0.39, 0.29) is 5.78 Å². The molecule has 0 N–H and O–H groups in total. The van der Waals surface area contributed by atoms with E-state index in [2.05, 4.69) is 18.8 Å². The largest absolute Gasteiger partial charge is 0.295 e. The fraction of sp³-hybridized carbons (Fsp3) is 0.333. The zero-order valence-electron chi connectivity index (χ0n) is 9.07. The van der Waals surface area contributed by atoms with Gasteiger partial charge in [0.25, 0.3) is 0 Å². The second-order valence-electron chi connectivity index (χ2n) is 3.95. The molecule has 0 spiro atoms. The summed E-state index contributed by atoms with van der Waals surface area (Å²) in [5.41, 5.74) is 1.76. The van der Waals surface area contributed by atoms with Gasteiger partial charge in [-0.25, -0.2) is 4.98 Å². The molecule has 2 nitrogen and oxygen atoms in total. The second kappa shape index (κ2) is 3.74. The second-order valence-corrected chi connectivity index (χ2v) is 5.01. The van der Waals surface area contributed by atoms with Crippen LogP contribution in [-0.4, -0.2) is 10.8 Å². The summed E-state index contributed by atoms with van der Waals surface area (Å²) in [5, 5.41) is 1.13. The third kappa shape index (κ3) is 1.92. The quantitative estimate of drug-likeness (QED) is 0.722. The van der Waals surface area contributed by atoms with E-state index in [9.17, 15) is 4.79 Å². The summed E-state index contributed by atoms with van der Waals surface area (Å²) >= 11 is 1.67. The van der Waals surface area contributed by atoms with Crippen molar-refractivity contribution in [3.63, 3.8) is 0 Å². The molecule has 0 saturated carbocycles. The number of rotatable bonds is 2. The zero-order valence-corrected chi connectivity index (χ0v) is 9.89. The molecule has 0 aliphatic rings. The van der Waals surface area contributed by atoms with Crippen LogP contribution in [0.3, 0.4) is 0 Å². The van der Waals surface area contributed by atoms with Crippen molar-refractivity contribution >= 4 is 27.3 Å². The van der Waals surface area contributed by atoms with Gasteiger partial charge in [0.2, 0.25) is 0 Å². The van der Waals surface area contributed by atoms with Gasteiger partial charge in [-0.1, -0.05) is 13.8 Å². The van der Waals surface area contributed by atoms with E-state index < -0.39 is 0 Å². The third-order valence-electron chi connectivity index (χ3n) is 2.31. The number of thiazole rings is 1. The van der Waals surface area contributed by atoms with Crippen LogP contribution in [0, 0.1) is 0 Å². The molecule has 15 heavy (non-hydrogen) atoms. The lowest BCUT2D eigenvalue weighted by atomic mass is 10.1. The number of aromatic nitrogens is 1. The van der Waals surface area contributed by atoms with E-state index >= 15 is 0 Å². The maximum absolute atomic E-state index is 11.2. The average Bonchev–Trinajstić information content (AvgIpc) is 2.59. The fourth-order valence-electron chi connectivity index (χ4n) is 1.41. The number of ketones is 1. The molecule has 0 bridgehead atoms. The predicted octanol–water partition coefficient (Wildman–Crippen LogP) is 3.62. The lowest BCUT2D eigenvalue weighted by Gasteiger charge is -1.94. The van der Waals surface area contributed by atoms with Gasteiger partial charge >= 0.3 is 0 Å². The van der Waals surface area contributed by atoms with Crippen LogP contribution in [-0.2, 0) is 0 Å². The van der Waals surface area contributed by atoms with Crippen molar-refractivity contribution in [3.8, 4) is 0 Å². The minimum absolute atomic E-state index is 0.108. The molecular formula is C12H13NOS. The van der Waals surface area contributed by atoms with Crippen molar-refractivity contribution in [3.05, 3.63) is 28.8 Å². The van der Waals surface area contributed by atoms with Crippen LogP contribution in [0.2, 0.25) is 0 Å². The number of Topliss-reactive ketones (excluding diaryl/α,β-unsaturated/α-hetero) is 1. The van der Waals surface area contributed by atoms with Crippen molar-refractivity contribution in [2.45, 2.75) is 26.7 Å². The summed E-state index contributed by atoms with van der Waals surface area (Å²) in [7, 11) is 0. The highest BCUT2D eigenvalue weighted by Crippen LogP contribution is 2.27. The minimum atomic E-state index is 0.108. The molecular weight excluding hydrogens is 206 g/mol. The first kappa shape index (κ1) is 10.3. The number of fused-ring (bicyclic) bond motifs is 1. The van der Waals surface area contributed by atoms with E-state index in [1.54, 1.807) is 18.3 Å². The van der Waals surface area contributed by atoms with Gasteiger partial charge in [-0.05, 0) is 25.1 Å². The molecule has 1 aromatic heterocycles. The lowest BCUT2D eigenvalue weighted by Crippen LogP contribution is -1.89. The predicted molar refractivity (Wildman–Crippen MR) is 63.7 cm³/mol. The molecule has 78 valence electrons. The smallest absolute Gasteiger partial charge is 0.159 e. The molecule has 0 saturated heterocycles. The van der Waals surface area contributed by atoms with E-state index in [0.717, 1.165) is 20.8 Å². The Balaban J connectivity index is 2.57. The van der Waals surface area contributed by atoms with E-state index in [4.69, 9.17) is 0 Å². The molecule has 0 radical (unpaired) electrons. The standard InChI is InChI=1S/C12H13NOS/c1-7(2)12-13-10-5-4-9(8(3)14)6-11(10)15-12/h4-7H,1-3H3. The summed E-state index contributed by atoms with van der Waals surface area (Å²) in [5.74, 6) is 0.555. The molecule has 0 aliphatic heterocycles. The van der Waals surface area contributed by atoms with Crippen LogP contribution in [0.4, 0.5) is 0 Å². The first-order chi connectivity index (χ1) is 7.08. The Morgan fingerprint density at radius 3 is 2.73 bits per heavy atom. The number of nitrogens with zero attached hydrogens (tertiary/aromatic N) is 1. The van der Waals surface area contributed by atoms with Gasteiger partial charge in [-0.3, -0.25) is 4.79 Å². The van der Waals surface area contributed by atoms with Gasteiger partial charge in [-0.2, -0.15) is 0 Å². The lowest BCUT2D eigenvalue weighted by molar-refractivity contribution is 0.101. The van der Waals surface area contributed by atoms with E-state index in [1.165, 1.54) is 0 Å². The van der Waals surface area contributed by atoms with Crippen LogP contribution in [0.25, 0.3) is 10.2 Å². The first-order valence-corrected chi connectivity index (χ1v) is 5.81. The highest BCUT2D eigenvalue weighted by molar-refractivity contribution is 7.18. The fourth-order valence-corrected chi connectivity index (χ4v) is 2.42. The van der Waals surface area contributed by atoms with Gasteiger partial charge in [0.1, 0.15) is 0 Å². The third-order valence-corrected chi connectivity index (χ3v) is 3.62. The van der Waals surface area contributed by atoms with Crippen LogP contribution in [0.5, 0.6) is 0 Å². The monoisotopic (exact) mass is 219 g/mol. The Labute approximate surface area is 93.0 Å². The van der Waals surface area contributed by atoms with E-state index in [0.29, 0.717) is 5.92 Å². The Morgan fingerprint density at radius 1 is 1.40 bits per heavy atom. The van der Waals surface area contributed by atoms with Crippen LogP contribution in [0.15, 0.2) is 18.2 Å². The topological polar surface area (TPSA) is 30.0 Å². The van der Waals surface area contributed by atoms with Gasteiger partial charge in [0.15, 0.2) is 5.78 Å². The first-order valence-electron chi connectivity index (χ1n) is 4.99. The van der Waals surface area contributed by atoms with Crippen molar-refractivity contribution in [2.75, 3.05) is 0 Å².